The average Bonchev–Trinajstić information content (AvgIpc) is 2.95. The quantitative estimate of drug-likeness (QED) is 0.794. The number of carbonyl (C=O) groups excluding carboxylic acids is 1. The van der Waals surface area contributed by atoms with Crippen molar-refractivity contribution in [2.24, 2.45) is 0 Å². The van der Waals surface area contributed by atoms with Crippen molar-refractivity contribution in [1.82, 2.24) is 14.9 Å². The molecule has 6 heteroatoms. The Hall–Kier alpha value is -2.34. The molecule has 0 radical (unpaired) electrons. The number of piperidine rings is 1. The highest BCUT2D eigenvalue weighted by Gasteiger charge is 2.20. The number of nitrogens with zero attached hydrogens (tertiary/aromatic N) is 1. The lowest BCUT2D eigenvalue weighted by molar-refractivity contribution is -0.118. The van der Waals surface area contributed by atoms with E-state index >= 15 is 0 Å². The standard InChI is InChI=1S/C15H18N4O2/c20-14(13-3-1-2-8-16-13)18-11-4-6-12(7-5-11)19-10-9-17-15(19)21/h4-7,9-10,13,16H,1-3,8H2,(H,17,21)(H,18,20)/t13-/m1/s1. The first kappa shape index (κ1) is 13.6. The van der Waals surface area contributed by atoms with E-state index in [4.69, 9.17) is 0 Å². The second kappa shape index (κ2) is 5.97. The smallest absolute Gasteiger partial charge is 0.325 e. The number of hydrogen-bond acceptors (Lipinski definition) is 3. The summed E-state index contributed by atoms with van der Waals surface area (Å²) in [5, 5.41) is 6.12. The molecule has 0 spiro atoms. The summed E-state index contributed by atoms with van der Waals surface area (Å²) < 4.78 is 1.51. The fourth-order valence-corrected chi connectivity index (χ4v) is 2.53. The SMILES string of the molecule is O=C(Nc1ccc(-n2cc[nH]c2=O)cc1)[C@H]1CCCCN1. The minimum absolute atomic E-state index is 0.00117. The Labute approximate surface area is 122 Å². The van der Waals surface area contributed by atoms with Crippen molar-refractivity contribution in [3.05, 3.63) is 47.1 Å². The van der Waals surface area contributed by atoms with Gasteiger partial charge in [0.15, 0.2) is 0 Å². The maximum absolute atomic E-state index is 12.1. The van der Waals surface area contributed by atoms with Crippen molar-refractivity contribution < 1.29 is 4.79 Å². The minimum atomic E-state index is -0.182. The second-order valence-electron chi connectivity index (χ2n) is 5.17. The summed E-state index contributed by atoms with van der Waals surface area (Å²) in [6, 6.07) is 7.11. The summed E-state index contributed by atoms with van der Waals surface area (Å²) in [7, 11) is 0. The molecule has 6 nitrogen and oxygen atoms in total. The summed E-state index contributed by atoms with van der Waals surface area (Å²) in [5.74, 6) is 0.00117. The van der Waals surface area contributed by atoms with Crippen LogP contribution in [0.5, 0.6) is 0 Å². The number of nitrogens with one attached hydrogen (secondary N) is 3. The lowest BCUT2D eigenvalue weighted by Crippen LogP contribution is -2.43. The van der Waals surface area contributed by atoms with Crippen molar-refractivity contribution >= 4 is 11.6 Å². The van der Waals surface area contributed by atoms with Gasteiger partial charge in [0.05, 0.1) is 11.7 Å². The molecule has 1 amide bonds. The summed E-state index contributed by atoms with van der Waals surface area (Å²) in [5.41, 5.74) is 1.31. The maximum Gasteiger partial charge on any atom is 0.330 e. The number of aromatic amines is 1. The molecule has 0 saturated carbocycles. The van der Waals surface area contributed by atoms with Gasteiger partial charge in [-0.15, -0.1) is 0 Å². The normalized spacial score (nSPS) is 18.4. The van der Waals surface area contributed by atoms with Gasteiger partial charge in [0.25, 0.3) is 0 Å². The van der Waals surface area contributed by atoms with Crippen LogP contribution in [0, 0.1) is 0 Å². The van der Waals surface area contributed by atoms with Gasteiger partial charge in [-0.1, -0.05) is 6.42 Å². The number of H-pyrrole nitrogens is 1. The largest absolute Gasteiger partial charge is 0.330 e. The van der Waals surface area contributed by atoms with Crippen LogP contribution in [0.3, 0.4) is 0 Å². The van der Waals surface area contributed by atoms with Gasteiger partial charge in [-0.05, 0) is 43.7 Å². The first-order chi connectivity index (χ1) is 10.2. The summed E-state index contributed by atoms with van der Waals surface area (Å²) >= 11 is 0. The molecule has 21 heavy (non-hydrogen) atoms. The van der Waals surface area contributed by atoms with E-state index < -0.39 is 0 Å². The van der Waals surface area contributed by atoms with E-state index in [0.29, 0.717) is 0 Å². The molecule has 0 bridgehead atoms. The molecule has 1 aliphatic heterocycles. The molecule has 1 aliphatic rings. The van der Waals surface area contributed by atoms with E-state index in [9.17, 15) is 9.59 Å². The van der Waals surface area contributed by atoms with Crippen LogP contribution in [0.2, 0.25) is 0 Å². The number of carbonyl (C=O) groups is 1. The third-order valence-electron chi connectivity index (χ3n) is 3.69. The first-order valence-corrected chi connectivity index (χ1v) is 7.15. The molecular formula is C15H18N4O2. The number of imidazole rings is 1. The fraction of sp³-hybridized carbons (Fsp3) is 0.333. The van der Waals surface area contributed by atoms with Gasteiger partial charge in [-0.3, -0.25) is 9.36 Å². The highest BCUT2D eigenvalue weighted by atomic mass is 16.2. The van der Waals surface area contributed by atoms with Gasteiger partial charge in [0.2, 0.25) is 5.91 Å². The van der Waals surface area contributed by atoms with Crippen LogP contribution in [-0.4, -0.2) is 28.0 Å². The van der Waals surface area contributed by atoms with Crippen molar-refractivity contribution in [2.45, 2.75) is 25.3 Å². The Morgan fingerprint density at radius 3 is 2.67 bits per heavy atom. The predicted octanol–water partition coefficient (Wildman–Crippen LogP) is 1.25. The highest BCUT2D eigenvalue weighted by molar-refractivity contribution is 5.94. The van der Waals surface area contributed by atoms with Gasteiger partial charge in [-0.2, -0.15) is 0 Å². The first-order valence-electron chi connectivity index (χ1n) is 7.15. The van der Waals surface area contributed by atoms with Crippen molar-refractivity contribution in [2.75, 3.05) is 11.9 Å². The van der Waals surface area contributed by atoms with Gasteiger partial charge in [0, 0.05) is 18.1 Å². The van der Waals surface area contributed by atoms with E-state index in [-0.39, 0.29) is 17.6 Å². The zero-order valence-corrected chi connectivity index (χ0v) is 11.6. The van der Waals surface area contributed by atoms with Crippen LogP contribution in [0.4, 0.5) is 5.69 Å². The maximum atomic E-state index is 12.1. The third kappa shape index (κ3) is 3.05. The lowest BCUT2D eigenvalue weighted by Gasteiger charge is -2.22. The second-order valence-corrected chi connectivity index (χ2v) is 5.17. The minimum Gasteiger partial charge on any atom is -0.325 e. The highest BCUT2D eigenvalue weighted by Crippen LogP contribution is 2.14. The molecule has 2 heterocycles. The molecule has 1 aromatic heterocycles. The molecule has 2 aromatic rings. The van der Waals surface area contributed by atoms with Crippen LogP contribution < -0.4 is 16.3 Å². The molecule has 0 unspecified atom stereocenters. The number of aromatic nitrogens is 2. The molecular weight excluding hydrogens is 268 g/mol. The summed E-state index contributed by atoms with van der Waals surface area (Å²) in [6.07, 6.45) is 6.35. The van der Waals surface area contributed by atoms with E-state index in [1.807, 2.05) is 0 Å². The molecule has 1 saturated heterocycles. The van der Waals surface area contributed by atoms with E-state index in [0.717, 1.165) is 37.2 Å². The average molecular weight is 286 g/mol. The third-order valence-corrected chi connectivity index (χ3v) is 3.69. The summed E-state index contributed by atoms with van der Waals surface area (Å²) in [4.78, 5) is 26.2. The van der Waals surface area contributed by atoms with Crippen LogP contribution in [0.1, 0.15) is 19.3 Å². The zero-order chi connectivity index (χ0) is 14.7. The Kier molecular flexibility index (Phi) is 3.87. The number of rotatable bonds is 3. The molecule has 1 fully saturated rings. The topological polar surface area (TPSA) is 78.9 Å². The van der Waals surface area contributed by atoms with Gasteiger partial charge >= 0.3 is 5.69 Å². The van der Waals surface area contributed by atoms with Crippen LogP contribution in [-0.2, 0) is 4.79 Å². The Morgan fingerprint density at radius 2 is 2.05 bits per heavy atom. The Morgan fingerprint density at radius 1 is 1.24 bits per heavy atom. The fourth-order valence-electron chi connectivity index (χ4n) is 2.53. The van der Waals surface area contributed by atoms with Gasteiger partial charge in [-0.25, -0.2) is 4.79 Å². The number of anilines is 1. The molecule has 3 rings (SSSR count). The molecule has 1 aromatic carbocycles. The van der Waals surface area contributed by atoms with Crippen molar-refractivity contribution in [3.8, 4) is 5.69 Å². The molecule has 1 atom stereocenters. The summed E-state index contributed by atoms with van der Waals surface area (Å²) in [6.45, 7) is 0.896. The van der Waals surface area contributed by atoms with Gasteiger partial charge < -0.3 is 15.6 Å². The Balaban J connectivity index is 1.68. The van der Waals surface area contributed by atoms with Crippen LogP contribution >= 0.6 is 0 Å². The monoisotopic (exact) mass is 286 g/mol. The van der Waals surface area contributed by atoms with Crippen molar-refractivity contribution in [3.63, 3.8) is 0 Å². The number of hydrogen-bond donors (Lipinski definition) is 3. The molecule has 3 N–H and O–H groups in total. The van der Waals surface area contributed by atoms with Crippen LogP contribution in [0.25, 0.3) is 5.69 Å². The predicted molar refractivity (Wildman–Crippen MR) is 80.7 cm³/mol. The van der Waals surface area contributed by atoms with Crippen LogP contribution in [0.15, 0.2) is 41.5 Å². The van der Waals surface area contributed by atoms with E-state index in [1.165, 1.54) is 4.57 Å². The molecule has 0 aliphatic carbocycles. The van der Waals surface area contributed by atoms with Gasteiger partial charge in [0.1, 0.15) is 0 Å². The Bertz CT molecular complexity index is 665. The van der Waals surface area contributed by atoms with Crippen molar-refractivity contribution in [1.29, 1.82) is 0 Å². The van der Waals surface area contributed by atoms with E-state index in [2.05, 4.69) is 15.6 Å². The lowest BCUT2D eigenvalue weighted by atomic mass is 10.0. The molecule has 110 valence electrons. The van der Waals surface area contributed by atoms with E-state index in [1.54, 1.807) is 36.7 Å². The zero-order valence-electron chi connectivity index (χ0n) is 11.6. The number of amides is 1. The number of benzene rings is 1.